The Hall–Kier alpha value is -2.37. The van der Waals surface area contributed by atoms with Gasteiger partial charge in [-0.25, -0.2) is 0 Å². The maximum Gasteiger partial charge on any atom is 0.310 e. The molecule has 1 N–H and O–H groups in total. The van der Waals surface area contributed by atoms with E-state index in [1.807, 2.05) is 6.92 Å². The molecule has 2 bridgehead atoms. The van der Waals surface area contributed by atoms with Gasteiger partial charge < -0.3 is 14.6 Å². The van der Waals surface area contributed by atoms with Crippen LogP contribution in [0.15, 0.2) is 18.2 Å². The SMILES string of the molecule is CCCOC(=O)[C@H]1[C@H](C(=O)OCCC(C)(C)C)[C@@H]2CC(=O)[C@H]1c1cc(O)ccc12. The summed E-state index contributed by atoms with van der Waals surface area (Å²) in [4.78, 5) is 38.7. The second-order valence-electron chi connectivity index (χ2n) is 9.27. The number of aromatic hydroxyl groups is 1. The van der Waals surface area contributed by atoms with E-state index in [0.717, 1.165) is 5.56 Å². The Kier molecular flexibility index (Phi) is 6.01. The van der Waals surface area contributed by atoms with E-state index in [0.29, 0.717) is 18.4 Å². The van der Waals surface area contributed by atoms with E-state index < -0.39 is 35.6 Å². The first-order valence-electron chi connectivity index (χ1n) is 10.3. The largest absolute Gasteiger partial charge is 0.508 e. The van der Waals surface area contributed by atoms with E-state index in [1.54, 1.807) is 12.1 Å². The highest BCUT2D eigenvalue weighted by molar-refractivity contribution is 5.99. The maximum atomic E-state index is 13.1. The number of carbonyl (C=O) groups excluding carboxylic acids is 3. The number of Topliss-reactive ketones (excluding diaryl/α,β-unsaturated/α-hetero) is 1. The quantitative estimate of drug-likeness (QED) is 0.730. The summed E-state index contributed by atoms with van der Waals surface area (Å²) < 4.78 is 10.9. The Labute approximate surface area is 171 Å². The van der Waals surface area contributed by atoms with Crippen molar-refractivity contribution in [3.8, 4) is 5.75 Å². The number of esters is 2. The molecule has 0 radical (unpaired) electrons. The third-order valence-electron chi connectivity index (χ3n) is 5.84. The predicted octanol–water partition coefficient (Wildman–Crippen LogP) is 3.71. The molecular weight excluding hydrogens is 372 g/mol. The molecule has 6 nitrogen and oxygen atoms in total. The molecule has 4 atom stereocenters. The van der Waals surface area contributed by atoms with Crippen LogP contribution < -0.4 is 0 Å². The first-order chi connectivity index (χ1) is 13.6. The van der Waals surface area contributed by atoms with Gasteiger partial charge in [-0.05, 0) is 41.5 Å². The minimum Gasteiger partial charge on any atom is -0.508 e. The second kappa shape index (κ2) is 8.17. The van der Waals surface area contributed by atoms with Gasteiger partial charge in [-0.1, -0.05) is 33.8 Å². The van der Waals surface area contributed by atoms with Gasteiger partial charge in [-0.3, -0.25) is 14.4 Å². The molecule has 1 saturated carbocycles. The fraction of sp³-hybridized carbons (Fsp3) is 0.609. The summed E-state index contributed by atoms with van der Waals surface area (Å²) in [5, 5.41) is 9.92. The molecule has 0 unspecified atom stereocenters. The van der Waals surface area contributed by atoms with Gasteiger partial charge >= 0.3 is 11.9 Å². The monoisotopic (exact) mass is 402 g/mol. The number of fused-ring (bicyclic) bond motifs is 2. The molecular formula is C23H30O6. The van der Waals surface area contributed by atoms with E-state index in [-0.39, 0.29) is 36.6 Å². The van der Waals surface area contributed by atoms with Crippen LogP contribution in [0.5, 0.6) is 5.75 Å². The van der Waals surface area contributed by atoms with Crippen LogP contribution in [0.1, 0.15) is 69.9 Å². The van der Waals surface area contributed by atoms with Crippen LogP contribution in [-0.2, 0) is 23.9 Å². The summed E-state index contributed by atoms with van der Waals surface area (Å²) in [6.07, 6.45) is 1.55. The lowest BCUT2D eigenvalue weighted by Gasteiger charge is -2.46. The van der Waals surface area contributed by atoms with Gasteiger partial charge in [0.05, 0.1) is 31.0 Å². The summed E-state index contributed by atoms with van der Waals surface area (Å²) in [6.45, 7) is 8.58. The van der Waals surface area contributed by atoms with Crippen LogP contribution >= 0.6 is 0 Å². The molecule has 0 saturated heterocycles. The number of phenols is 1. The number of carbonyl (C=O) groups is 3. The smallest absolute Gasteiger partial charge is 0.310 e. The van der Waals surface area contributed by atoms with Gasteiger partial charge in [-0.15, -0.1) is 0 Å². The standard InChI is InChI=1S/C23H30O6/c1-5-9-28-22(27)20-18-15-11-13(24)6-7-14(15)16(12-17(18)25)19(20)21(26)29-10-8-23(2,3)4/h6-7,11,16,18-20,24H,5,8-10,12H2,1-4H3/t16-,18-,19-,20-/m1/s1. The Morgan fingerprint density at radius 2 is 1.72 bits per heavy atom. The summed E-state index contributed by atoms with van der Waals surface area (Å²) in [5.74, 6) is -3.94. The van der Waals surface area contributed by atoms with Crippen LogP contribution in [-0.4, -0.2) is 36.0 Å². The lowest BCUT2D eigenvalue weighted by Crippen LogP contribution is -2.50. The number of hydrogen-bond acceptors (Lipinski definition) is 6. The molecule has 1 aromatic carbocycles. The minimum atomic E-state index is -0.913. The van der Waals surface area contributed by atoms with E-state index in [2.05, 4.69) is 20.8 Å². The van der Waals surface area contributed by atoms with E-state index in [1.165, 1.54) is 6.07 Å². The van der Waals surface area contributed by atoms with Crippen molar-refractivity contribution >= 4 is 17.7 Å². The van der Waals surface area contributed by atoms with Crippen LogP contribution in [0.25, 0.3) is 0 Å². The molecule has 29 heavy (non-hydrogen) atoms. The van der Waals surface area contributed by atoms with Crippen LogP contribution in [0, 0.1) is 17.3 Å². The first kappa shape index (κ1) is 21.3. The molecule has 1 aromatic rings. The van der Waals surface area contributed by atoms with Crippen LogP contribution in [0.3, 0.4) is 0 Å². The van der Waals surface area contributed by atoms with Crippen molar-refractivity contribution < 1.29 is 29.0 Å². The lowest BCUT2D eigenvalue weighted by molar-refractivity contribution is -0.167. The molecule has 3 aliphatic rings. The predicted molar refractivity (Wildman–Crippen MR) is 106 cm³/mol. The highest BCUT2D eigenvalue weighted by Crippen LogP contribution is 2.55. The second-order valence-corrected chi connectivity index (χ2v) is 9.27. The molecule has 4 rings (SSSR count). The van der Waals surface area contributed by atoms with Crippen molar-refractivity contribution in [2.45, 2.75) is 58.8 Å². The Bertz CT molecular complexity index is 806. The topological polar surface area (TPSA) is 89.9 Å². The third kappa shape index (κ3) is 4.31. The first-order valence-corrected chi connectivity index (χ1v) is 10.3. The minimum absolute atomic E-state index is 0.0192. The number of ketones is 1. The molecule has 3 aliphatic carbocycles. The highest BCUT2D eigenvalue weighted by atomic mass is 16.5. The summed E-state index contributed by atoms with van der Waals surface area (Å²) in [6, 6.07) is 4.83. The Morgan fingerprint density at radius 1 is 1.07 bits per heavy atom. The van der Waals surface area contributed by atoms with Crippen LogP contribution in [0.4, 0.5) is 0 Å². The van der Waals surface area contributed by atoms with Crippen molar-refractivity contribution in [1.82, 2.24) is 0 Å². The maximum absolute atomic E-state index is 13.1. The van der Waals surface area contributed by atoms with Crippen molar-refractivity contribution in [2.75, 3.05) is 13.2 Å². The number of ether oxygens (including phenoxy) is 2. The molecule has 1 fully saturated rings. The lowest BCUT2D eigenvalue weighted by atomic mass is 9.55. The number of phenolic OH excluding ortho intramolecular Hbond substituents is 1. The molecule has 0 aromatic heterocycles. The van der Waals surface area contributed by atoms with Crippen LogP contribution in [0.2, 0.25) is 0 Å². The molecule has 0 spiro atoms. The Balaban J connectivity index is 1.94. The average molecular weight is 402 g/mol. The fourth-order valence-electron chi connectivity index (χ4n) is 4.41. The number of benzene rings is 1. The van der Waals surface area contributed by atoms with Gasteiger partial charge in [0.25, 0.3) is 0 Å². The van der Waals surface area contributed by atoms with Gasteiger partial charge in [0.1, 0.15) is 11.5 Å². The summed E-state index contributed by atoms with van der Waals surface area (Å²) in [7, 11) is 0. The number of hydrogen-bond donors (Lipinski definition) is 1. The Morgan fingerprint density at radius 3 is 2.38 bits per heavy atom. The average Bonchev–Trinajstić information content (AvgIpc) is 2.64. The number of rotatable bonds is 6. The van der Waals surface area contributed by atoms with E-state index >= 15 is 0 Å². The third-order valence-corrected chi connectivity index (χ3v) is 5.84. The zero-order valence-corrected chi connectivity index (χ0v) is 17.6. The van der Waals surface area contributed by atoms with Gasteiger partial charge in [0, 0.05) is 12.3 Å². The van der Waals surface area contributed by atoms with E-state index in [4.69, 9.17) is 9.47 Å². The highest BCUT2D eigenvalue weighted by Gasteiger charge is 2.57. The van der Waals surface area contributed by atoms with E-state index in [9.17, 15) is 19.5 Å². The van der Waals surface area contributed by atoms with Gasteiger partial charge in [0.15, 0.2) is 0 Å². The molecule has 0 amide bonds. The van der Waals surface area contributed by atoms with Crippen molar-refractivity contribution in [2.24, 2.45) is 17.3 Å². The van der Waals surface area contributed by atoms with Gasteiger partial charge in [-0.2, -0.15) is 0 Å². The molecule has 6 heteroatoms. The van der Waals surface area contributed by atoms with Crippen molar-refractivity contribution in [3.63, 3.8) is 0 Å². The van der Waals surface area contributed by atoms with Crippen molar-refractivity contribution in [3.05, 3.63) is 29.3 Å². The fourth-order valence-corrected chi connectivity index (χ4v) is 4.41. The van der Waals surface area contributed by atoms with Crippen molar-refractivity contribution in [1.29, 1.82) is 0 Å². The zero-order valence-electron chi connectivity index (χ0n) is 17.6. The zero-order chi connectivity index (χ0) is 21.3. The van der Waals surface area contributed by atoms with Gasteiger partial charge in [0.2, 0.25) is 0 Å². The molecule has 158 valence electrons. The summed E-state index contributed by atoms with van der Waals surface area (Å²) in [5.41, 5.74) is 1.49. The normalized spacial score (nSPS) is 25.4. The molecule has 0 heterocycles. The molecule has 0 aliphatic heterocycles. The summed E-state index contributed by atoms with van der Waals surface area (Å²) >= 11 is 0.